The molecule has 8 heteroatoms. The van der Waals surface area contributed by atoms with Crippen molar-refractivity contribution >= 4 is 21.4 Å². The molecule has 1 fully saturated rings. The van der Waals surface area contributed by atoms with Crippen molar-refractivity contribution in [3.63, 3.8) is 0 Å². The Kier molecular flexibility index (Phi) is 4.56. The van der Waals surface area contributed by atoms with Crippen LogP contribution in [0.5, 0.6) is 5.75 Å². The predicted molar refractivity (Wildman–Crippen MR) is 98.8 cm³/mol. The van der Waals surface area contributed by atoms with Gasteiger partial charge in [0.1, 0.15) is 9.96 Å². The molecular formula is C18H18N2O4S2. The Morgan fingerprint density at radius 1 is 1.31 bits per heavy atom. The Labute approximate surface area is 155 Å². The van der Waals surface area contributed by atoms with Crippen molar-refractivity contribution in [3.05, 3.63) is 54.0 Å². The van der Waals surface area contributed by atoms with Crippen molar-refractivity contribution in [1.29, 1.82) is 0 Å². The van der Waals surface area contributed by atoms with Crippen LogP contribution in [0.1, 0.15) is 30.2 Å². The molecule has 0 bridgehead atoms. The maximum atomic E-state index is 12.5. The third-order valence-corrected chi connectivity index (χ3v) is 7.13. The van der Waals surface area contributed by atoms with Crippen LogP contribution in [0.3, 0.4) is 0 Å². The Morgan fingerprint density at radius 2 is 2.15 bits per heavy atom. The number of rotatable bonds is 7. The van der Waals surface area contributed by atoms with Gasteiger partial charge in [-0.05, 0) is 42.7 Å². The number of oxazole rings is 1. The fourth-order valence-electron chi connectivity index (χ4n) is 2.55. The zero-order chi connectivity index (χ0) is 18.1. The van der Waals surface area contributed by atoms with E-state index in [1.807, 2.05) is 18.2 Å². The number of sulfonamides is 1. The minimum absolute atomic E-state index is 0.195. The summed E-state index contributed by atoms with van der Waals surface area (Å²) in [5.41, 5.74) is 0.828. The molecule has 0 radical (unpaired) electrons. The summed E-state index contributed by atoms with van der Waals surface area (Å²) in [6.45, 7) is 0.195. The number of hydrogen-bond donors (Lipinski definition) is 1. The van der Waals surface area contributed by atoms with Crippen LogP contribution in [0.25, 0.3) is 10.6 Å². The Bertz CT molecular complexity index is 1020. The summed E-state index contributed by atoms with van der Waals surface area (Å²) in [5, 5.41) is 0. The van der Waals surface area contributed by atoms with Gasteiger partial charge in [0.15, 0.2) is 11.7 Å². The number of nitrogens with one attached hydrogen (secondary N) is 1. The van der Waals surface area contributed by atoms with E-state index in [0.29, 0.717) is 17.4 Å². The standard InChI is InChI=1S/C18H18N2O4S2/c1-23-14-4-2-3-12(9-14)10-20-26(21,22)17-8-7-16(25-17)15-11-19-18(24-15)13-5-6-13/h2-4,7-9,11,13,20H,5-6,10H2,1H3. The molecule has 0 saturated heterocycles. The van der Waals surface area contributed by atoms with E-state index in [9.17, 15) is 8.42 Å². The van der Waals surface area contributed by atoms with E-state index in [1.165, 1.54) is 11.3 Å². The first-order valence-electron chi connectivity index (χ1n) is 8.24. The molecule has 26 heavy (non-hydrogen) atoms. The predicted octanol–water partition coefficient (Wildman–Crippen LogP) is 3.77. The molecule has 0 atom stereocenters. The monoisotopic (exact) mass is 390 g/mol. The highest BCUT2D eigenvalue weighted by atomic mass is 32.2. The van der Waals surface area contributed by atoms with Gasteiger partial charge in [-0.25, -0.2) is 18.1 Å². The number of aromatic nitrogens is 1. The van der Waals surface area contributed by atoms with Crippen molar-refractivity contribution < 1.29 is 17.6 Å². The summed E-state index contributed by atoms with van der Waals surface area (Å²) >= 11 is 1.17. The van der Waals surface area contributed by atoms with E-state index < -0.39 is 10.0 Å². The van der Waals surface area contributed by atoms with E-state index in [-0.39, 0.29) is 10.8 Å². The first-order valence-corrected chi connectivity index (χ1v) is 10.5. The van der Waals surface area contributed by atoms with Gasteiger partial charge >= 0.3 is 0 Å². The van der Waals surface area contributed by atoms with Crippen LogP contribution < -0.4 is 9.46 Å². The molecule has 136 valence electrons. The van der Waals surface area contributed by atoms with E-state index in [1.54, 1.807) is 31.5 Å². The Hall–Kier alpha value is -2.16. The molecular weight excluding hydrogens is 372 g/mol. The zero-order valence-electron chi connectivity index (χ0n) is 14.1. The van der Waals surface area contributed by atoms with Crippen LogP contribution in [-0.4, -0.2) is 20.5 Å². The Morgan fingerprint density at radius 3 is 2.92 bits per heavy atom. The first kappa shape index (κ1) is 17.3. The first-order chi connectivity index (χ1) is 12.5. The topological polar surface area (TPSA) is 81.4 Å². The molecule has 6 nitrogen and oxygen atoms in total. The maximum absolute atomic E-state index is 12.5. The molecule has 2 aromatic heterocycles. The summed E-state index contributed by atoms with van der Waals surface area (Å²) < 4.78 is 38.9. The van der Waals surface area contributed by atoms with Crippen molar-refractivity contribution in [2.75, 3.05) is 7.11 Å². The normalized spacial score (nSPS) is 14.5. The molecule has 0 unspecified atom stereocenters. The summed E-state index contributed by atoms with van der Waals surface area (Å²) in [7, 11) is -2.02. The van der Waals surface area contributed by atoms with Gasteiger partial charge in [-0.15, -0.1) is 11.3 Å². The van der Waals surface area contributed by atoms with Gasteiger partial charge < -0.3 is 9.15 Å². The third-order valence-electron chi connectivity index (χ3n) is 4.14. The largest absolute Gasteiger partial charge is 0.497 e. The number of hydrogen-bond acceptors (Lipinski definition) is 6. The smallest absolute Gasteiger partial charge is 0.250 e. The van der Waals surface area contributed by atoms with Crippen LogP contribution in [0.15, 0.2) is 51.2 Å². The quantitative estimate of drug-likeness (QED) is 0.664. The second-order valence-electron chi connectivity index (χ2n) is 6.13. The van der Waals surface area contributed by atoms with Crippen LogP contribution in [-0.2, 0) is 16.6 Å². The highest BCUT2D eigenvalue weighted by Crippen LogP contribution is 2.41. The van der Waals surface area contributed by atoms with Crippen LogP contribution in [0, 0.1) is 0 Å². The fourth-order valence-corrected chi connectivity index (χ4v) is 4.86. The molecule has 1 aromatic carbocycles. The number of ether oxygens (including phenoxy) is 1. The van der Waals surface area contributed by atoms with Gasteiger partial charge in [-0.3, -0.25) is 0 Å². The zero-order valence-corrected chi connectivity index (χ0v) is 15.8. The highest BCUT2D eigenvalue weighted by Gasteiger charge is 2.29. The number of benzene rings is 1. The lowest BCUT2D eigenvalue weighted by Gasteiger charge is -2.06. The number of thiophene rings is 1. The van der Waals surface area contributed by atoms with Crippen LogP contribution in [0.2, 0.25) is 0 Å². The lowest BCUT2D eigenvalue weighted by atomic mass is 10.2. The summed E-state index contributed by atoms with van der Waals surface area (Å²) in [6, 6.07) is 10.6. The molecule has 0 amide bonds. The average molecular weight is 390 g/mol. The lowest BCUT2D eigenvalue weighted by molar-refractivity contribution is 0.414. The molecule has 4 rings (SSSR count). The summed E-state index contributed by atoms with van der Waals surface area (Å²) in [6.07, 6.45) is 3.88. The summed E-state index contributed by atoms with van der Waals surface area (Å²) in [5.74, 6) is 2.48. The third kappa shape index (κ3) is 3.67. The van der Waals surface area contributed by atoms with Gasteiger partial charge in [0.25, 0.3) is 0 Å². The Balaban J connectivity index is 1.48. The van der Waals surface area contributed by atoms with Crippen molar-refractivity contribution in [1.82, 2.24) is 9.71 Å². The maximum Gasteiger partial charge on any atom is 0.250 e. The molecule has 1 aliphatic rings. The molecule has 1 saturated carbocycles. The second-order valence-corrected chi connectivity index (χ2v) is 9.21. The number of methoxy groups -OCH3 is 1. The minimum Gasteiger partial charge on any atom is -0.497 e. The SMILES string of the molecule is COc1cccc(CNS(=O)(=O)c2ccc(-c3cnc(C4CC4)o3)s2)c1. The van der Waals surface area contributed by atoms with E-state index in [4.69, 9.17) is 9.15 Å². The summed E-state index contributed by atoms with van der Waals surface area (Å²) in [4.78, 5) is 5.04. The molecule has 2 heterocycles. The van der Waals surface area contributed by atoms with Gasteiger partial charge in [0, 0.05) is 12.5 Å². The fraction of sp³-hybridized carbons (Fsp3) is 0.278. The highest BCUT2D eigenvalue weighted by molar-refractivity contribution is 7.91. The van der Waals surface area contributed by atoms with Gasteiger partial charge in [-0.1, -0.05) is 12.1 Å². The average Bonchev–Trinajstić information content (AvgIpc) is 3.17. The van der Waals surface area contributed by atoms with Crippen LogP contribution >= 0.6 is 11.3 Å². The lowest BCUT2D eigenvalue weighted by Crippen LogP contribution is -2.22. The molecule has 1 aliphatic carbocycles. The molecule has 1 N–H and O–H groups in total. The van der Waals surface area contributed by atoms with Crippen LogP contribution in [0.4, 0.5) is 0 Å². The van der Waals surface area contributed by atoms with Crippen molar-refractivity contribution in [3.8, 4) is 16.4 Å². The second kappa shape index (κ2) is 6.86. The van der Waals surface area contributed by atoms with Gasteiger partial charge in [0.2, 0.25) is 10.0 Å². The van der Waals surface area contributed by atoms with Gasteiger partial charge in [-0.2, -0.15) is 0 Å². The van der Waals surface area contributed by atoms with E-state index in [2.05, 4.69) is 9.71 Å². The van der Waals surface area contributed by atoms with Crippen molar-refractivity contribution in [2.45, 2.75) is 29.5 Å². The molecule has 3 aromatic rings. The molecule has 0 aliphatic heterocycles. The van der Waals surface area contributed by atoms with Gasteiger partial charge in [0.05, 0.1) is 18.2 Å². The van der Waals surface area contributed by atoms with E-state index in [0.717, 1.165) is 29.2 Å². The van der Waals surface area contributed by atoms with Crippen molar-refractivity contribution in [2.24, 2.45) is 0 Å². The molecule has 0 spiro atoms. The minimum atomic E-state index is -3.60. The van der Waals surface area contributed by atoms with E-state index >= 15 is 0 Å². The number of nitrogens with zero attached hydrogens (tertiary/aromatic N) is 1.